The number of aromatic nitrogens is 3. The summed E-state index contributed by atoms with van der Waals surface area (Å²) in [5.41, 5.74) is 0.859. The lowest BCUT2D eigenvalue weighted by molar-refractivity contribution is -0.122. The predicted octanol–water partition coefficient (Wildman–Crippen LogP) is 1.81. The molecule has 1 aromatic carbocycles. The van der Waals surface area contributed by atoms with Gasteiger partial charge in [-0.3, -0.25) is 9.59 Å². The van der Waals surface area contributed by atoms with Gasteiger partial charge in [0.2, 0.25) is 11.8 Å². The summed E-state index contributed by atoms with van der Waals surface area (Å²) in [5.74, 6) is -0.628. The van der Waals surface area contributed by atoms with Crippen LogP contribution in [0.3, 0.4) is 0 Å². The highest BCUT2D eigenvalue weighted by molar-refractivity contribution is 6.03. The SMILES string of the molecule is CCOC(=O)c1cnn(-c2ccc3ccccc3n2)c1NC(=O)C1CCC(=O)N1. The average molecular weight is 393 g/mol. The van der Waals surface area contributed by atoms with Gasteiger partial charge in [0.1, 0.15) is 11.6 Å². The van der Waals surface area contributed by atoms with E-state index in [1.165, 1.54) is 10.9 Å². The van der Waals surface area contributed by atoms with E-state index < -0.39 is 17.9 Å². The maximum atomic E-state index is 12.6. The Morgan fingerprint density at radius 3 is 2.86 bits per heavy atom. The molecule has 9 heteroatoms. The maximum Gasteiger partial charge on any atom is 0.343 e. The fourth-order valence-electron chi connectivity index (χ4n) is 3.19. The molecule has 1 saturated heterocycles. The molecule has 1 unspecified atom stereocenters. The average Bonchev–Trinajstić information content (AvgIpc) is 3.34. The van der Waals surface area contributed by atoms with Crippen molar-refractivity contribution in [2.45, 2.75) is 25.8 Å². The van der Waals surface area contributed by atoms with Crippen LogP contribution in [0.5, 0.6) is 0 Å². The van der Waals surface area contributed by atoms with Gasteiger partial charge in [-0.25, -0.2) is 9.78 Å². The summed E-state index contributed by atoms with van der Waals surface area (Å²) in [6.07, 6.45) is 2.01. The molecule has 3 heterocycles. The smallest absolute Gasteiger partial charge is 0.343 e. The van der Waals surface area contributed by atoms with Crippen LogP contribution in [0.4, 0.5) is 5.82 Å². The number of para-hydroxylation sites is 1. The van der Waals surface area contributed by atoms with E-state index in [1.807, 2.05) is 30.3 Å². The third-order valence-corrected chi connectivity index (χ3v) is 4.62. The van der Waals surface area contributed by atoms with Crippen LogP contribution in [-0.4, -0.2) is 45.2 Å². The molecule has 3 aromatic rings. The quantitative estimate of drug-likeness (QED) is 0.639. The Morgan fingerprint density at radius 2 is 2.10 bits per heavy atom. The van der Waals surface area contributed by atoms with E-state index in [2.05, 4.69) is 20.7 Å². The van der Waals surface area contributed by atoms with Gasteiger partial charge >= 0.3 is 5.97 Å². The number of amides is 2. The highest BCUT2D eigenvalue weighted by Crippen LogP contribution is 2.23. The molecule has 1 aliphatic heterocycles. The monoisotopic (exact) mass is 393 g/mol. The van der Waals surface area contributed by atoms with Gasteiger partial charge in [0.05, 0.1) is 18.3 Å². The lowest BCUT2D eigenvalue weighted by Gasteiger charge is -2.14. The van der Waals surface area contributed by atoms with Gasteiger partial charge in [-0.15, -0.1) is 0 Å². The van der Waals surface area contributed by atoms with Crippen LogP contribution in [0, 0.1) is 0 Å². The second kappa shape index (κ2) is 7.70. The lowest BCUT2D eigenvalue weighted by atomic mass is 10.2. The summed E-state index contributed by atoms with van der Waals surface area (Å²) >= 11 is 0. The van der Waals surface area contributed by atoms with Gasteiger partial charge < -0.3 is 15.4 Å². The van der Waals surface area contributed by atoms with Crippen LogP contribution in [0.2, 0.25) is 0 Å². The number of carbonyl (C=O) groups excluding carboxylic acids is 3. The number of esters is 1. The van der Waals surface area contributed by atoms with Crippen LogP contribution in [-0.2, 0) is 14.3 Å². The number of anilines is 1. The van der Waals surface area contributed by atoms with Crippen LogP contribution < -0.4 is 10.6 Å². The molecular weight excluding hydrogens is 374 g/mol. The fourth-order valence-corrected chi connectivity index (χ4v) is 3.19. The van der Waals surface area contributed by atoms with E-state index in [0.29, 0.717) is 12.2 Å². The molecule has 29 heavy (non-hydrogen) atoms. The van der Waals surface area contributed by atoms with Crippen molar-refractivity contribution in [3.8, 4) is 5.82 Å². The number of fused-ring (bicyclic) bond motifs is 1. The summed E-state index contributed by atoms with van der Waals surface area (Å²) in [7, 11) is 0. The first kappa shape index (κ1) is 18.6. The van der Waals surface area contributed by atoms with Crippen molar-refractivity contribution in [3.63, 3.8) is 0 Å². The van der Waals surface area contributed by atoms with Crippen molar-refractivity contribution in [3.05, 3.63) is 48.2 Å². The largest absolute Gasteiger partial charge is 0.462 e. The Bertz CT molecular complexity index is 1110. The first-order chi connectivity index (χ1) is 14.1. The molecule has 0 bridgehead atoms. The number of ether oxygens (including phenoxy) is 1. The molecule has 2 aromatic heterocycles. The normalized spacial score (nSPS) is 15.9. The second-order valence-electron chi connectivity index (χ2n) is 6.55. The number of hydrogen-bond acceptors (Lipinski definition) is 6. The molecule has 0 radical (unpaired) electrons. The molecule has 148 valence electrons. The Balaban J connectivity index is 1.73. The zero-order chi connectivity index (χ0) is 20.4. The number of nitrogens with one attached hydrogen (secondary N) is 2. The minimum absolute atomic E-state index is 0.111. The van der Waals surface area contributed by atoms with E-state index in [9.17, 15) is 14.4 Å². The van der Waals surface area contributed by atoms with Crippen molar-refractivity contribution in [2.24, 2.45) is 0 Å². The molecule has 4 rings (SSSR count). The standard InChI is InChI=1S/C20H19N5O4/c1-2-29-20(28)13-11-21-25(16-9-7-12-5-3-4-6-14(12)22-16)18(13)24-19(27)15-8-10-17(26)23-15/h3-7,9,11,15H,2,8,10H2,1H3,(H,23,26)(H,24,27). The molecule has 0 spiro atoms. The van der Waals surface area contributed by atoms with E-state index in [1.54, 1.807) is 13.0 Å². The summed E-state index contributed by atoms with van der Waals surface area (Å²) in [6, 6.07) is 10.6. The highest BCUT2D eigenvalue weighted by Gasteiger charge is 2.30. The number of rotatable bonds is 5. The van der Waals surface area contributed by atoms with Gasteiger partial charge in [-0.2, -0.15) is 9.78 Å². The maximum absolute atomic E-state index is 12.6. The van der Waals surface area contributed by atoms with Crippen LogP contribution >= 0.6 is 0 Å². The van der Waals surface area contributed by atoms with Crippen molar-refractivity contribution in [2.75, 3.05) is 11.9 Å². The van der Waals surface area contributed by atoms with Crippen molar-refractivity contribution in [1.29, 1.82) is 0 Å². The molecule has 0 aliphatic carbocycles. The molecule has 9 nitrogen and oxygen atoms in total. The Labute approximate surface area is 166 Å². The topological polar surface area (TPSA) is 115 Å². The van der Waals surface area contributed by atoms with Gasteiger partial charge in [-0.05, 0) is 31.5 Å². The highest BCUT2D eigenvalue weighted by atomic mass is 16.5. The van der Waals surface area contributed by atoms with Crippen LogP contribution in [0.15, 0.2) is 42.6 Å². The lowest BCUT2D eigenvalue weighted by Crippen LogP contribution is -2.38. The molecular formula is C20H19N5O4. The summed E-state index contributed by atoms with van der Waals surface area (Å²) < 4.78 is 6.46. The molecule has 1 fully saturated rings. The minimum atomic E-state index is -0.662. The minimum Gasteiger partial charge on any atom is -0.462 e. The number of hydrogen-bond donors (Lipinski definition) is 2. The number of pyridine rings is 1. The van der Waals surface area contributed by atoms with Crippen LogP contribution in [0.1, 0.15) is 30.1 Å². The number of nitrogens with zero attached hydrogens (tertiary/aromatic N) is 3. The van der Waals surface area contributed by atoms with Gasteiger partial charge in [0, 0.05) is 11.8 Å². The zero-order valence-corrected chi connectivity index (χ0v) is 15.7. The Morgan fingerprint density at radius 1 is 1.28 bits per heavy atom. The first-order valence-electron chi connectivity index (χ1n) is 9.28. The van der Waals surface area contributed by atoms with E-state index in [4.69, 9.17) is 4.74 Å². The Kier molecular flexibility index (Phi) is 4.94. The third kappa shape index (κ3) is 3.66. The van der Waals surface area contributed by atoms with Crippen molar-refractivity contribution < 1.29 is 19.1 Å². The second-order valence-corrected chi connectivity index (χ2v) is 6.55. The van der Waals surface area contributed by atoms with Gasteiger partial charge in [0.15, 0.2) is 11.6 Å². The molecule has 0 saturated carbocycles. The van der Waals surface area contributed by atoms with Crippen molar-refractivity contribution in [1.82, 2.24) is 20.1 Å². The van der Waals surface area contributed by atoms with Crippen molar-refractivity contribution >= 4 is 34.5 Å². The summed E-state index contributed by atoms with van der Waals surface area (Å²) in [5, 5.41) is 10.5. The van der Waals surface area contributed by atoms with E-state index >= 15 is 0 Å². The first-order valence-corrected chi connectivity index (χ1v) is 9.28. The third-order valence-electron chi connectivity index (χ3n) is 4.62. The predicted molar refractivity (Wildman–Crippen MR) is 105 cm³/mol. The zero-order valence-electron chi connectivity index (χ0n) is 15.7. The fraction of sp³-hybridized carbons (Fsp3) is 0.250. The molecule has 2 N–H and O–H groups in total. The molecule has 2 amide bonds. The number of carbonyl (C=O) groups is 3. The Hall–Kier alpha value is -3.75. The van der Waals surface area contributed by atoms with E-state index in [-0.39, 0.29) is 30.3 Å². The van der Waals surface area contributed by atoms with Crippen LogP contribution in [0.25, 0.3) is 16.7 Å². The van der Waals surface area contributed by atoms with Gasteiger partial charge in [0.25, 0.3) is 0 Å². The molecule has 1 atom stereocenters. The summed E-state index contributed by atoms with van der Waals surface area (Å²) in [6.45, 7) is 1.88. The van der Waals surface area contributed by atoms with E-state index in [0.717, 1.165) is 10.9 Å². The molecule has 1 aliphatic rings. The summed E-state index contributed by atoms with van der Waals surface area (Å²) in [4.78, 5) is 41.0. The number of benzene rings is 1. The van der Waals surface area contributed by atoms with Gasteiger partial charge in [-0.1, -0.05) is 18.2 Å².